The van der Waals surface area contributed by atoms with Crippen LogP contribution in [0, 0.1) is 13.8 Å². The molecule has 5 rings (SSSR count). The fourth-order valence-corrected chi connectivity index (χ4v) is 4.62. The van der Waals surface area contributed by atoms with E-state index >= 15 is 0 Å². The normalized spacial score (nSPS) is 12.8. The van der Waals surface area contributed by atoms with Crippen molar-refractivity contribution in [3.05, 3.63) is 83.2 Å². The van der Waals surface area contributed by atoms with E-state index in [2.05, 4.69) is 70.5 Å². The van der Waals surface area contributed by atoms with E-state index in [0.29, 0.717) is 17.3 Å². The minimum absolute atomic E-state index is 0.112. The SMILES string of the molecule is Cc1nc(-c2ccc(-c3ccc(C(=O)Nc4ccc5c(c4)N(CCN(C)C)CC5)cc3)c(C)c2)no1. The predicted molar refractivity (Wildman–Crippen MR) is 144 cm³/mol. The van der Waals surface area contributed by atoms with Gasteiger partial charge < -0.3 is 19.6 Å². The van der Waals surface area contributed by atoms with Gasteiger partial charge in [-0.25, -0.2) is 0 Å². The fraction of sp³-hybridized carbons (Fsp3) is 0.276. The molecule has 4 aromatic rings. The lowest BCUT2D eigenvalue weighted by Crippen LogP contribution is -2.30. The standard InChI is InChI=1S/C29H31N5O2/c1-19-17-24(28-30-20(2)36-32-28)10-12-26(19)21-5-7-23(8-6-21)29(35)31-25-11-9-22-13-14-34(27(22)18-25)16-15-33(3)4/h5-12,17-18H,13-16H2,1-4H3,(H,31,35). The molecule has 2 heterocycles. The molecule has 0 saturated carbocycles. The minimum Gasteiger partial charge on any atom is -0.370 e. The summed E-state index contributed by atoms with van der Waals surface area (Å²) in [6.45, 7) is 6.84. The van der Waals surface area contributed by atoms with Gasteiger partial charge in [-0.1, -0.05) is 35.5 Å². The molecule has 3 aromatic carbocycles. The van der Waals surface area contributed by atoms with Gasteiger partial charge in [0.05, 0.1) is 0 Å². The summed E-state index contributed by atoms with van der Waals surface area (Å²) in [5, 5.41) is 7.07. The van der Waals surface area contributed by atoms with Gasteiger partial charge >= 0.3 is 0 Å². The molecule has 0 bridgehead atoms. The molecule has 1 aromatic heterocycles. The Morgan fingerprint density at radius 1 is 1.03 bits per heavy atom. The zero-order valence-electron chi connectivity index (χ0n) is 21.2. The van der Waals surface area contributed by atoms with Gasteiger partial charge in [-0.15, -0.1) is 0 Å². The fourth-order valence-electron chi connectivity index (χ4n) is 4.62. The Labute approximate surface area is 211 Å². The van der Waals surface area contributed by atoms with E-state index in [-0.39, 0.29) is 5.91 Å². The highest BCUT2D eigenvalue weighted by Gasteiger charge is 2.20. The van der Waals surface area contributed by atoms with Crippen LogP contribution in [0.3, 0.4) is 0 Å². The highest BCUT2D eigenvalue weighted by atomic mass is 16.5. The number of amides is 1. The van der Waals surface area contributed by atoms with Crippen molar-refractivity contribution < 1.29 is 9.32 Å². The second kappa shape index (κ2) is 9.95. The molecule has 0 saturated heterocycles. The van der Waals surface area contributed by atoms with Crippen LogP contribution in [0.25, 0.3) is 22.5 Å². The van der Waals surface area contributed by atoms with Crippen LogP contribution in [0.5, 0.6) is 0 Å². The molecule has 0 unspecified atom stereocenters. The molecule has 0 spiro atoms. The van der Waals surface area contributed by atoms with E-state index in [4.69, 9.17) is 4.52 Å². The van der Waals surface area contributed by atoms with Crippen molar-refractivity contribution in [1.29, 1.82) is 0 Å². The maximum atomic E-state index is 13.0. The van der Waals surface area contributed by atoms with Crippen LogP contribution < -0.4 is 10.2 Å². The van der Waals surface area contributed by atoms with Crippen LogP contribution in [0.2, 0.25) is 0 Å². The van der Waals surface area contributed by atoms with Crippen molar-refractivity contribution in [1.82, 2.24) is 15.0 Å². The Balaban J connectivity index is 1.28. The third kappa shape index (κ3) is 5.02. The van der Waals surface area contributed by atoms with E-state index in [9.17, 15) is 4.79 Å². The monoisotopic (exact) mass is 481 g/mol. The number of anilines is 2. The minimum atomic E-state index is -0.112. The van der Waals surface area contributed by atoms with Crippen molar-refractivity contribution in [2.24, 2.45) is 0 Å². The number of rotatable bonds is 7. The van der Waals surface area contributed by atoms with Crippen molar-refractivity contribution >= 4 is 17.3 Å². The van der Waals surface area contributed by atoms with Crippen LogP contribution in [-0.2, 0) is 6.42 Å². The third-order valence-corrected chi connectivity index (χ3v) is 6.62. The average Bonchev–Trinajstić information content (AvgIpc) is 3.48. The Bertz CT molecular complexity index is 1390. The molecular weight excluding hydrogens is 450 g/mol. The first-order valence-corrected chi connectivity index (χ1v) is 12.2. The molecule has 0 atom stereocenters. The lowest BCUT2D eigenvalue weighted by molar-refractivity contribution is 0.102. The summed E-state index contributed by atoms with van der Waals surface area (Å²) in [6.07, 6.45) is 1.05. The van der Waals surface area contributed by atoms with E-state index in [1.54, 1.807) is 6.92 Å². The third-order valence-electron chi connectivity index (χ3n) is 6.62. The number of nitrogens with zero attached hydrogens (tertiary/aromatic N) is 4. The Hall–Kier alpha value is -3.97. The van der Waals surface area contributed by atoms with Gasteiger partial charge in [0.25, 0.3) is 5.91 Å². The summed E-state index contributed by atoms with van der Waals surface area (Å²) in [5.41, 5.74) is 8.17. The zero-order chi connectivity index (χ0) is 25.2. The lowest BCUT2D eigenvalue weighted by atomic mass is 9.97. The van der Waals surface area contributed by atoms with Gasteiger partial charge in [-0.3, -0.25) is 4.79 Å². The number of aromatic nitrogens is 2. The quantitative estimate of drug-likeness (QED) is 0.391. The smallest absolute Gasteiger partial charge is 0.255 e. The maximum Gasteiger partial charge on any atom is 0.255 e. The van der Waals surface area contributed by atoms with Gasteiger partial charge in [-0.2, -0.15) is 4.98 Å². The number of aryl methyl sites for hydroxylation is 2. The van der Waals surface area contributed by atoms with Gasteiger partial charge in [0.15, 0.2) is 0 Å². The van der Waals surface area contributed by atoms with Crippen LogP contribution in [0.15, 0.2) is 65.2 Å². The van der Waals surface area contributed by atoms with Gasteiger partial charge in [0.1, 0.15) is 0 Å². The predicted octanol–water partition coefficient (Wildman–Crippen LogP) is 5.20. The molecule has 1 aliphatic rings. The second-order valence-electron chi connectivity index (χ2n) is 9.58. The molecule has 36 heavy (non-hydrogen) atoms. The summed E-state index contributed by atoms with van der Waals surface area (Å²) < 4.78 is 5.10. The molecule has 1 amide bonds. The first-order chi connectivity index (χ1) is 17.4. The highest BCUT2D eigenvalue weighted by molar-refractivity contribution is 6.04. The van der Waals surface area contributed by atoms with Crippen molar-refractivity contribution in [3.63, 3.8) is 0 Å². The summed E-state index contributed by atoms with van der Waals surface area (Å²) in [5.74, 6) is 1.02. The molecule has 1 N–H and O–H groups in total. The van der Waals surface area contributed by atoms with E-state index in [1.807, 2.05) is 36.4 Å². The van der Waals surface area contributed by atoms with Crippen LogP contribution >= 0.6 is 0 Å². The van der Waals surface area contributed by atoms with E-state index in [0.717, 1.165) is 54.0 Å². The topological polar surface area (TPSA) is 74.5 Å². The van der Waals surface area contributed by atoms with E-state index < -0.39 is 0 Å². The summed E-state index contributed by atoms with van der Waals surface area (Å²) >= 11 is 0. The molecular formula is C29H31N5O2. The number of hydrogen-bond acceptors (Lipinski definition) is 6. The Morgan fingerprint density at radius 2 is 1.81 bits per heavy atom. The molecule has 0 aliphatic carbocycles. The Morgan fingerprint density at radius 3 is 2.50 bits per heavy atom. The number of hydrogen-bond donors (Lipinski definition) is 1. The van der Waals surface area contributed by atoms with Crippen molar-refractivity contribution in [2.75, 3.05) is 43.9 Å². The van der Waals surface area contributed by atoms with Crippen LogP contribution in [-0.4, -0.2) is 54.7 Å². The molecule has 7 nitrogen and oxygen atoms in total. The molecule has 0 radical (unpaired) electrons. The first kappa shape index (κ1) is 23.8. The largest absolute Gasteiger partial charge is 0.370 e. The number of likely N-dealkylation sites (N-methyl/N-ethyl adjacent to an activating group) is 1. The van der Waals surface area contributed by atoms with Gasteiger partial charge in [-0.05, 0) is 80.0 Å². The zero-order valence-corrected chi connectivity index (χ0v) is 21.2. The average molecular weight is 482 g/mol. The summed E-state index contributed by atoms with van der Waals surface area (Å²) in [6, 6.07) is 20.0. The lowest BCUT2D eigenvalue weighted by Gasteiger charge is -2.22. The summed E-state index contributed by atoms with van der Waals surface area (Å²) in [4.78, 5) is 21.9. The number of benzene rings is 3. The van der Waals surface area contributed by atoms with E-state index in [1.165, 1.54) is 11.3 Å². The molecule has 1 aliphatic heterocycles. The summed E-state index contributed by atoms with van der Waals surface area (Å²) in [7, 11) is 4.18. The number of carbonyl (C=O) groups excluding carboxylic acids is 1. The second-order valence-corrected chi connectivity index (χ2v) is 9.58. The van der Waals surface area contributed by atoms with Crippen LogP contribution in [0.1, 0.15) is 27.4 Å². The Kier molecular flexibility index (Phi) is 6.57. The van der Waals surface area contributed by atoms with Gasteiger partial charge in [0.2, 0.25) is 11.7 Å². The highest BCUT2D eigenvalue weighted by Crippen LogP contribution is 2.31. The number of carbonyl (C=O) groups is 1. The molecule has 0 fully saturated rings. The van der Waals surface area contributed by atoms with Crippen molar-refractivity contribution in [2.45, 2.75) is 20.3 Å². The van der Waals surface area contributed by atoms with Crippen molar-refractivity contribution in [3.8, 4) is 22.5 Å². The first-order valence-electron chi connectivity index (χ1n) is 12.2. The number of nitrogens with one attached hydrogen (secondary N) is 1. The molecule has 7 heteroatoms. The number of fused-ring (bicyclic) bond motifs is 1. The van der Waals surface area contributed by atoms with Gasteiger partial charge in [0, 0.05) is 49.1 Å². The molecule has 184 valence electrons. The maximum absolute atomic E-state index is 13.0. The van der Waals surface area contributed by atoms with Crippen LogP contribution in [0.4, 0.5) is 11.4 Å².